The lowest BCUT2D eigenvalue weighted by molar-refractivity contribution is 0.0951. The number of hydrogen-bond donors (Lipinski definition) is 2. The van der Waals surface area contributed by atoms with Crippen molar-refractivity contribution in [3.8, 4) is 0 Å². The number of hydrogen-bond acceptors (Lipinski definition) is 5. The monoisotopic (exact) mass is 450 g/mol. The molecule has 0 unspecified atom stereocenters. The number of carbonyl (C=O) groups is 1. The Bertz CT molecular complexity index is 938. The average Bonchev–Trinajstić information content (AvgIpc) is 2.72. The molecule has 1 fully saturated rings. The van der Waals surface area contributed by atoms with Crippen LogP contribution in [0.1, 0.15) is 46.3 Å². The SMILES string of the molecule is CC(C)NS(=O)(=O)c1cccc(CNC(=O)c2ccc(C3SCCCS3)cc2)c1. The smallest absolute Gasteiger partial charge is 0.251 e. The van der Waals surface area contributed by atoms with E-state index in [2.05, 4.69) is 10.0 Å². The minimum atomic E-state index is -3.55. The van der Waals surface area contributed by atoms with Gasteiger partial charge >= 0.3 is 0 Å². The van der Waals surface area contributed by atoms with Crippen LogP contribution in [0.25, 0.3) is 0 Å². The first-order chi connectivity index (χ1) is 13.8. The Kier molecular flexibility index (Phi) is 7.67. The molecule has 0 radical (unpaired) electrons. The topological polar surface area (TPSA) is 75.3 Å². The molecular formula is C21H26N2O3S3. The van der Waals surface area contributed by atoms with Crippen molar-refractivity contribution in [1.29, 1.82) is 0 Å². The number of amides is 1. The maximum Gasteiger partial charge on any atom is 0.251 e. The van der Waals surface area contributed by atoms with Crippen LogP contribution in [0, 0.1) is 0 Å². The van der Waals surface area contributed by atoms with Gasteiger partial charge in [0.25, 0.3) is 5.91 Å². The minimum Gasteiger partial charge on any atom is -0.348 e. The van der Waals surface area contributed by atoms with Gasteiger partial charge in [-0.15, -0.1) is 23.5 Å². The van der Waals surface area contributed by atoms with Crippen molar-refractivity contribution < 1.29 is 13.2 Å². The van der Waals surface area contributed by atoms with E-state index in [-0.39, 0.29) is 23.4 Å². The van der Waals surface area contributed by atoms with Gasteiger partial charge in [-0.25, -0.2) is 13.1 Å². The third kappa shape index (κ3) is 6.25. The average molecular weight is 451 g/mol. The number of benzene rings is 2. The van der Waals surface area contributed by atoms with Crippen molar-refractivity contribution in [3.63, 3.8) is 0 Å². The molecule has 3 rings (SSSR count). The van der Waals surface area contributed by atoms with E-state index in [1.165, 1.54) is 23.5 Å². The van der Waals surface area contributed by atoms with Crippen LogP contribution >= 0.6 is 23.5 Å². The zero-order valence-corrected chi connectivity index (χ0v) is 19.0. The normalized spacial score (nSPS) is 15.4. The lowest BCUT2D eigenvalue weighted by Gasteiger charge is -2.21. The lowest BCUT2D eigenvalue weighted by atomic mass is 10.1. The molecule has 0 aliphatic carbocycles. The highest BCUT2D eigenvalue weighted by Crippen LogP contribution is 2.43. The molecule has 1 aliphatic heterocycles. The van der Waals surface area contributed by atoms with Crippen molar-refractivity contribution in [3.05, 3.63) is 65.2 Å². The summed E-state index contributed by atoms with van der Waals surface area (Å²) in [6.07, 6.45) is 1.25. The second-order valence-electron chi connectivity index (χ2n) is 7.16. The Morgan fingerprint density at radius 2 is 1.79 bits per heavy atom. The molecule has 1 amide bonds. The van der Waals surface area contributed by atoms with Gasteiger partial charge in [0.05, 0.1) is 9.48 Å². The molecule has 5 nitrogen and oxygen atoms in total. The van der Waals surface area contributed by atoms with Crippen molar-refractivity contribution >= 4 is 39.5 Å². The summed E-state index contributed by atoms with van der Waals surface area (Å²) >= 11 is 3.91. The van der Waals surface area contributed by atoms with E-state index in [4.69, 9.17) is 0 Å². The van der Waals surface area contributed by atoms with E-state index in [9.17, 15) is 13.2 Å². The molecule has 2 aromatic rings. The second kappa shape index (κ2) is 10.0. The summed E-state index contributed by atoms with van der Waals surface area (Å²) in [5, 5.41) is 2.87. The van der Waals surface area contributed by atoms with Gasteiger partial charge in [0, 0.05) is 18.2 Å². The molecule has 0 aromatic heterocycles. The fourth-order valence-electron chi connectivity index (χ4n) is 2.96. The first kappa shape index (κ1) is 22.2. The summed E-state index contributed by atoms with van der Waals surface area (Å²) in [5.74, 6) is 2.19. The van der Waals surface area contributed by atoms with Crippen LogP contribution < -0.4 is 10.0 Å². The molecule has 1 heterocycles. The van der Waals surface area contributed by atoms with Gasteiger partial charge in [0.1, 0.15) is 0 Å². The van der Waals surface area contributed by atoms with Gasteiger partial charge in [-0.05, 0) is 67.2 Å². The summed E-state index contributed by atoms with van der Waals surface area (Å²) < 4.78 is 27.6. The molecule has 1 aliphatic rings. The second-order valence-corrected chi connectivity index (χ2v) is 11.6. The van der Waals surface area contributed by atoms with Crippen LogP contribution in [0.5, 0.6) is 0 Å². The molecule has 29 heavy (non-hydrogen) atoms. The van der Waals surface area contributed by atoms with E-state index >= 15 is 0 Å². The number of nitrogens with one attached hydrogen (secondary N) is 2. The predicted octanol–water partition coefficient (Wildman–Crippen LogP) is 4.17. The van der Waals surface area contributed by atoms with Gasteiger partial charge in [-0.3, -0.25) is 4.79 Å². The predicted molar refractivity (Wildman–Crippen MR) is 122 cm³/mol. The summed E-state index contributed by atoms with van der Waals surface area (Å²) in [4.78, 5) is 12.7. The van der Waals surface area contributed by atoms with E-state index in [0.717, 1.165) is 5.56 Å². The molecular weight excluding hydrogens is 424 g/mol. The third-order valence-corrected chi connectivity index (χ3v) is 9.00. The molecule has 8 heteroatoms. The Hall–Kier alpha value is -1.48. The van der Waals surface area contributed by atoms with Crippen molar-refractivity contribution in [2.75, 3.05) is 11.5 Å². The van der Waals surface area contributed by atoms with Crippen molar-refractivity contribution in [2.45, 2.75) is 42.3 Å². The molecule has 0 saturated carbocycles. The maximum absolute atomic E-state index is 12.5. The molecule has 2 aromatic carbocycles. The number of thioether (sulfide) groups is 2. The van der Waals surface area contributed by atoms with E-state index in [1.54, 1.807) is 38.1 Å². The first-order valence-corrected chi connectivity index (χ1v) is 13.2. The fraction of sp³-hybridized carbons (Fsp3) is 0.381. The van der Waals surface area contributed by atoms with Crippen LogP contribution in [0.3, 0.4) is 0 Å². The Balaban J connectivity index is 1.61. The zero-order valence-electron chi connectivity index (χ0n) is 16.6. The van der Waals surface area contributed by atoms with Crippen LogP contribution in [0.15, 0.2) is 53.4 Å². The van der Waals surface area contributed by atoms with Gasteiger partial charge in [-0.1, -0.05) is 24.3 Å². The molecule has 156 valence electrons. The Morgan fingerprint density at radius 3 is 2.45 bits per heavy atom. The Labute approximate surface area is 181 Å². The van der Waals surface area contributed by atoms with Crippen molar-refractivity contribution in [2.24, 2.45) is 0 Å². The summed E-state index contributed by atoms with van der Waals surface area (Å²) in [5.41, 5.74) is 2.58. The lowest BCUT2D eigenvalue weighted by Crippen LogP contribution is -2.30. The van der Waals surface area contributed by atoms with Gasteiger partial charge < -0.3 is 5.32 Å². The summed E-state index contributed by atoms with van der Waals surface area (Å²) in [7, 11) is -3.55. The van der Waals surface area contributed by atoms with Gasteiger partial charge in [-0.2, -0.15) is 0 Å². The molecule has 1 saturated heterocycles. The summed E-state index contributed by atoms with van der Waals surface area (Å²) in [6, 6.07) is 14.2. The first-order valence-electron chi connectivity index (χ1n) is 9.58. The highest BCUT2D eigenvalue weighted by atomic mass is 32.2. The quantitative estimate of drug-likeness (QED) is 0.662. The molecule has 2 N–H and O–H groups in total. The Morgan fingerprint density at radius 1 is 1.10 bits per heavy atom. The number of sulfonamides is 1. The highest BCUT2D eigenvalue weighted by molar-refractivity contribution is 8.16. The molecule has 0 atom stereocenters. The van der Waals surface area contributed by atoms with Gasteiger partial charge in [0.15, 0.2) is 0 Å². The van der Waals surface area contributed by atoms with Gasteiger partial charge in [0.2, 0.25) is 10.0 Å². The maximum atomic E-state index is 12.5. The van der Waals surface area contributed by atoms with Crippen molar-refractivity contribution in [1.82, 2.24) is 10.0 Å². The van der Waals surface area contributed by atoms with E-state index < -0.39 is 10.0 Å². The third-order valence-electron chi connectivity index (χ3n) is 4.32. The van der Waals surface area contributed by atoms with Crippen LogP contribution in [0.2, 0.25) is 0 Å². The van der Waals surface area contributed by atoms with Crippen LogP contribution in [0.4, 0.5) is 0 Å². The van der Waals surface area contributed by atoms with E-state index in [1.807, 2.05) is 47.8 Å². The molecule has 0 bridgehead atoms. The largest absolute Gasteiger partial charge is 0.348 e. The van der Waals surface area contributed by atoms with E-state index in [0.29, 0.717) is 10.1 Å². The number of carbonyl (C=O) groups excluding carboxylic acids is 1. The van der Waals surface area contributed by atoms with Crippen LogP contribution in [-0.4, -0.2) is 31.9 Å². The number of rotatable bonds is 7. The van der Waals surface area contributed by atoms with Crippen LogP contribution in [-0.2, 0) is 16.6 Å². The molecule has 0 spiro atoms. The minimum absolute atomic E-state index is 0.172. The standard InChI is InChI=1S/C21H26N2O3S3/c1-15(2)23-29(25,26)19-6-3-5-16(13-19)14-22-20(24)17-7-9-18(10-8-17)21-27-11-4-12-28-21/h3,5-10,13,15,21,23H,4,11-12,14H2,1-2H3,(H,22,24). The fourth-order valence-corrected chi connectivity index (χ4v) is 7.17. The highest BCUT2D eigenvalue weighted by Gasteiger charge is 2.18. The zero-order chi connectivity index (χ0) is 20.9. The summed E-state index contributed by atoms with van der Waals surface area (Å²) in [6.45, 7) is 3.82.